The number of aromatic amines is 1. The minimum atomic E-state index is 0.747. The first-order valence-electron chi connectivity index (χ1n) is 9.77. The van der Waals surface area contributed by atoms with E-state index in [0.29, 0.717) is 0 Å². The summed E-state index contributed by atoms with van der Waals surface area (Å²) in [6.07, 6.45) is 7.39. The zero-order valence-corrected chi connectivity index (χ0v) is 17.0. The molecule has 1 N–H and O–H groups in total. The van der Waals surface area contributed by atoms with E-state index < -0.39 is 0 Å². The van der Waals surface area contributed by atoms with Crippen LogP contribution in [0.15, 0.2) is 61.2 Å². The van der Waals surface area contributed by atoms with E-state index in [1.165, 1.54) is 0 Å². The van der Waals surface area contributed by atoms with Crippen LogP contribution >= 0.6 is 0 Å². The Morgan fingerprint density at radius 3 is 2.00 bits per heavy atom. The van der Waals surface area contributed by atoms with Crippen LogP contribution in [0.3, 0.4) is 0 Å². The molecule has 5 rings (SSSR count). The molecule has 0 spiro atoms. The lowest BCUT2D eigenvalue weighted by Crippen LogP contribution is -1.97. The maximum absolute atomic E-state index is 4.98. The smallest absolute Gasteiger partial charge is 0.156 e. The van der Waals surface area contributed by atoms with Gasteiger partial charge in [-0.05, 0) is 56.7 Å². The van der Waals surface area contributed by atoms with E-state index in [1.807, 2.05) is 57.4 Å². The molecule has 0 aliphatic rings. The van der Waals surface area contributed by atoms with Crippen molar-refractivity contribution in [2.45, 2.75) is 20.8 Å². The fourth-order valence-electron chi connectivity index (χ4n) is 3.73. The second kappa shape index (κ2) is 7.15. The molecule has 30 heavy (non-hydrogen) atoms. The number of hydrogen-bond acceptors (Lipinski definition) is 5. The molecule has 0 fully saturated rings. The Hall–Kier alpha value is -3.93. The highest BCUT2D eigenvalue weighted by Crippen LogP contribution is 2.43. The SMILES string of the molecule is Cc1ccc(-c2nc3[nH]nc(C)c3c(-c3ccc(C)nc3)c2-c2ccncc2)cn1. The van der Waals surface area contributed by atoms with Crippen LogP contribution in [0.4, 0.5) is 0 Å². The minimum absolute atomic E-state index is 0.747. The summed E-state index contributed by atoms with van der Waals surface area (Å²) < 4.78 is 0. The van der Waals surface area contributed by atoms with E-state index in [0.717, 1.165) is 61.6 Å². The normalized spacial score (nSPS) is 11.2. The second-order valence-corrected chi connectivity index (χ2v) is 7.36. The molecule has 0 aromatic carbocycles. The van der Waals surface area contributed by atoms with E-state index in [4.69, 9.17) is 4.98 Å². The molecule has 6 heteroatoms. The van der Waals surface area contributed by atoms with Crippen LogP contribution in [0.1, 0.15) is 17.1 Å². The van der Waals surface area contributed by atoms with Crippen molar-refractivity contribution in [3.8, 4) is 33.5 Å². The number of rotatable bonds is 3. The van der Waals surface area contributed by atoms with Gasteiger partial charge >= 0.3 is 0 Å². The van der Waals surface area contributed by atoms with Gasteiger partial charge in [-0.3, -0.25) is 20.1 Å². The van der Waals surface area contributed by atoms with Crippen LogP contribution in [-0.4, -0.2) is 30.1 Å². The van der Waals surface area contributed by atoms with Crippen molar-refractivity contribution in [2.24, 2.45) is 0 Å². The molecular weight excluding hydrogens is 372 g/mol. The van der Waals surface area contributed by atoms with Crippen LogP contribution in [-0.2, 0) is 0 Å². The maximum Gasteiger partial charge on any atom is 0.156 e. The standard InChI is InChI=1S/C24H20N6/c1-14-4-6-18(12-26-14)21-20-16(3)29-30-24(20)28-23(19-7-5-15(2)27-13-19)22(21)17-8-10-25-11-9-17/h4-13H,1-3H3,(H,28,29,30). The van der Waals surface area contributed by atoms with Gasteiger partial charge in [0.15, 0.2) is 5.65 Å². The maximum atomic E-state index is 4.98. The molecular formula is C24H20N6. The molecule has 0 aliphatic heterocycles. The molecule has 0 radical (unpaired) electrons. The highest BCUT2D eigenvalue weighted by Gasteiger charge is 2.22. The van der Waals surface area contributed by atoms with E-state index in [9.17, 15) is 0 Å². The van der Waals surface area contributed by atoms with Gasteiger partial charge in [0.05, 0.1) is 16.8 Å². The van der Waals surface area contributed by atoms with Crippen molar-refractivity contribution in [3.63, 3.8) is 0 Å². The number of aromatic nitrogens is 6. The molecule has 0 unspecified atom stereocenters. The van der Waals surface area contributed by atoms with Crippen LogP contribution in [0, 0.1) is 20.8 Å². The summed E-state index contributed by atoms with van der Waals surface area (Å²) in [7, 11) is 0. The first kappa shape index (κ1) is 18.1. The predicted octanol–water partition coefficient (Wildman–Crippen LogP) is 5.07. The summed E-state index contributed by atoms with van der Waals surface area (Å²) in [5.41, 5.74) is 9.51. The Bertz CT molecular complexity index is 1340. The lowest BCUT2D eigenvalue weighted by atomic mass is 9.90. The van der Waals surface area contributed by atoms with Gasteiger partial charge in [0.25, 0.3) is 0 Å². The van der Waals surface area contributed by atoms with E-state index in [-0.39, 0.29) is 0 Å². The molecule has 5 aromatic heterocycles. The Balaban J connectivity index is 1.95. The monoisotopic (exact) mass is 392 g/mol. The fourth-order valence-corrected chi connectivity index (χ4v) is 3.73. The van der Waals surface area contributed by atoms with Gasteiger partial charge in [-0.1, -0.05) is 6.07 Å². The van der Waals surface area contributed by atoms with Gasteiger partial charge in [0.2, 0.25) is 0 Å². The summed E-state index contributed by atoms with van der Waals surface area (Å²) in [6.45, 7) is 5.96. The van der Waals surface area contributed by atoms with Crippen LogP contribution in [0.5, 0.6) is 0 Å². The Morgan fingerprint density at radius 1 is 0.700 bits per heavy atom. The number of fused-ring (bicyclic) bond motifs is 1. The minimum Gasteiger partial charge on any atom is -0.265 e. The van der Waals surface area contributed by atoms with Gasteiger partial charge in [0, 0.05) is 58.4 Å². The van der Waals surface area contributed by atoms with Crippen molar-refractivity contribution in [1.82, 2.24) is 30.1 Å². The summed E-state index contributed by atoms with van der Waals surface area (Å²) >= 11 is 0. The molecule has 0 atom stereocenters. The van der Waals surface area contributed by atoms with E-state index in [1.54, 1.807) is 12.4 Å². The highest BCUT2D eigenvalue weighted by molar-refractivity contribution is 6.06. The fraction of sp³-hybridized carbons (Fsp3) is 0.125. The van der Waals surface area contributed by atoms with Gasteiger partial charge < -0.3 is 0 Å². The predicted molar refractivity (Wildman–Crippen MR) is 118 cm³/mol. The molecule has 6 nitrogen and oxygen atoms in total. The summed E-state index contributed by atoms with van der Waals surface area (Å²) in [5.74, 6) is 0. The lowest BCUT2D eigenvalue weighted by molar-refractivity contribution is 1.06. The van der Waals surface area contributed by atoms with Crippen molar-refractivity contribution in [3.05, 3.63) is 78.3 Å². The Morgan fingerprint density at radius 2 is 1.37 bits per heavy atom. The third-order valence-corrected chi connectivity index (χ3v) is 5.24. The lowest BCUT2D eigenvalue weighted by Gasteiger charge is -2.17. The molecule has 5 aromatic rings. The Labute approximate surface area is 174 Å². The van der Waals surface area contributed by atoms with Crippen LogP contribution in [0.25, 0.3) is 44.5 Å². The molecule has 0 amide bonds. The van der Waals surface area contributed by atoms with Gasteiger partial charge in [-0.2, -0.15) is 5.10 Å². The van der Waals surface area contributed by atoms with Gasteiger partial charge in [-0.25, -0.2) is 4.98 Å². The van der Waals surface area contributed by atoms with E-state index >= 15 is 0 Å². The van der Waals surface area contributed by atoms with Crippen molar-refractivity contribution >= 4 is 11.0 Å². The largest absolute Gasteiger partial charge is 0.265 e. The van der Waals surface area contributed by atoms with Crippen LogP contribution in [0.2, 0.25) is 0 Å². The number of H-pyrrole nitrogens is 1. The molecule has 0 saturated carbocycles. The zero-order chi connectivity index (χ0) is 20.7. The molecule has 146 valence electrons. The van der Waals surface area contributed by atoms with Crippen LogP contribution < -0.4 is 0 Å². The summed E-state index contributed by atoms with van der Waals surface area (Å²) in [5, 5.41) is 8.54. The molecule has 0 saturated heterocycles. The second-order valence-electron chi connectivity index (χ2n) is 7.36. The number of hydrogen-bond donors (Lipinski definition) is 1. The third-order valence-electron chi connectivity index (χ3n) is 5.24. The average Bonchev–Trinajstić information content (AvgIpc) is 3.15. The summed E-state index contributed by atoms with van der Waals surface area (Å²) in [6, 6.07) is 12.2. The molecule has 0 bridgehead atoms. The van der Waals surface area contributed by atoms with Gasteiger partial charge in [-0.15, -0.1) is 0 Å². The number of nitrogens with zero attached hydrogens (tertiary/aromatic N) is 5. The summed E-state index contributed by atoms with van der Waals surface area (Å²) in [4.78, 5) is 18.2. The first-order valence-corrected chi connectivity index (χ1v) is 9.77. The quantitative estimate of drug-likeness (QED) is 0.464. The topological polar surface area (TPSA) is 80.2 Å². The highest BCUT2D eigenvalue weighted by atomic mass is 15.1. The molecule has 0 aliphatic carbocycles. The number of aryl methyl sites for hydroxylation is 3. The van der Waals surface area contributed by atoms with Gasteiger partial charge in [0.1, 0.15) is 0 Å². The zero-order valence-electron chi connectivity index (χ0n) is 17.0. The average molecular weight is 392 g/mol. The van der Waals surface area contributed by atoms with Crippen molar-refractivity contribution in [1.29, 1.82) is 0 Å². The number of pyridine rings is 4. The van der Waals surface area contributed by atoms with Crippen molar-refractivity contribution < 1.29 is 0 Å². The molecule has 5 heterocycles. The van der Waals surface area contributed by atoms with Crippen molar-refractivity contribution in [2.75, 3.05) is 0 Å². The number of nitrogens with one attached hydrogen (secondary N) is 1. The Kier molecular flexibility index (Phi) is 4.32. The third kappa shape index (κ3) is 3.03. The first-order chi connectivity index (χ1) is 14.6. The van der Waals surface area contributed by atoms with E-state index in [2.05, 4.69) is 37.3 Å².